The summed E-state index contributed by atoms with van der Waals surface area (Å²) in [7, 11) is 3.80. The van der Waals surface area contributed by atoms with Gasteiger partial charge in [0.15, 0.2) is 0 Å². The standard InChI is InChI=1S/C14H15F3N4/c1-21(2)10-5-3-9(4-6-10)20-12-7-13(14(15,16)17)19-8-11(12)18/h3-8H,18H2,1-2H3,(H,19,20). The zero-order chi connectivity index (χ0) is 15.6. The van der Waals surface area contributed by atoms with E-state index in [-0.39, 0.29) is 11.4 Å². The summed E-state index contributed by atoms with van der Waals surface area (Å²) in [5, 5.41) is 2.87. The zero-order valence-corrected chi connectivity index (χ0v) is 11.6. The van der Waals surface area contributed by atoms with Crippen molar-refractivity contribution in [3.05, 3.63) is 42.2 Å². The average Bonchev–Trinajstić information content (AvgIpc) is 2.40. The maximum absolute atomic E-state index is 12.6. The molecule has 3 N–H and O–H groups in total. The number of anilines is 4. The molecule has 1 heterocycles. The van der Waals surface area contributed by atoms with Crippen molar-refractivity contribution in [2.45, 2.75) is 6.18 Å². The van der Waals surface area contributed by atoms with Crippen molar-refractivity contribution in [2.24, 2.45) is 0 Å². The van der Waals surface area contributed by atoms with Crippen molar-refractivity contribution in [3.8, 4) is 0 Å². The van der Waals surface area contributed by atoms with E-state index in [1.165, 1.54) is 0 Å². The first-order valence-electron chi connectivity index (χ1n) is 6.14. The molecule has 0 saturated carbocycles. The first kappa shape index (κ1) is 15.0. The molecule has 0 amide bonds. The summed E-state index contributed by atoms with van der Waals surface area (Å²) in [6.07, 6.45) is -3.50. The SMILES string of the molecule is CN(C)c1ccc(Nc2cc(C(F)(F)F)ncc2N)cc1. The molecule has 0 aliphatic carbocycles. The summed E-state index contributed by atoms with van der Waals surface area (Å²) >= 11 is 0. The highest BCUT2D eigenvalue weighted by Gasteiger charge is 2.32. The van der Waals surface area contributed by atoms with E-state index >= 15 is 0 Å². The first-order valence-corrected chi connectivity index (χ1v) is 6.14. The Labute approximate surface area is 120 Å². The molecule has 0 radical (unpaired) electrons. The summed E-state index contributed by atoms with van der Waals surface area (Å²) < 4.78 is 37.9. The van der Waals surface area contributed by atoms with Crippen LogP contribution in [0, 0.1) is 0 Å². The number of pyridine rings is 1. The van der Waals surface area contributed by atoms with Crippen LogP contribution in [0.15, 0.2) is 36.5 Å². The van der Waals surface area contributed by atoms with Gasteiger partial charge in [0.05, 0.1) is 17.6 Å². The summed E-state index contributed by atoms with van der Waals surface area (Å²) in [5.41, 5.74) is 6.63. The molecule has 2 aromatic rings. The highest BCUT2D eigenvalue weighted by atomic mass is 19.4. The maximum atomic E-state index is 12.6. The number of benzene rings is 1. The predicted octanol–water partition coefficient (Wildman–Crippen LogP) is 3.49. The largest absolute Gasteiger partial charge is 0.433 e. The Bertz CT molecular complexity index is 621. The van der Waals surface area contributed by atoms with Gasteiger partial charge >= 0.3 is 6.18 Å². The van der Waals surface area contributed by atoms with Crippen LogP contribution < -0.4 is 16.0 Å². The summed E-state index contributed by atoms with van der Waals surface area (Å²) in [4.78, 5) is 5.22. The van der Waals surface area contributed by atoms with Gasteiger partial charge in [-0.25, -0.2) is 4.98 Å². The lowest BCUT2D eigenvalue weighted by Crippen LogP contribution is -2.10. The van der Waals surface area contributed by atoms with Crippen molar-refractivity contribution >= 4 is 22.7 Å². The zero-order valence-electron chi connectivity index (χ0n) is 11.6. The summed E-state index contributed by atoms with van der Waals surface area (Å²) in [5.74, 6) is 0. The molecule has 0 aliphatic rings. The van der Waals surface area contributed by atoms with E-state index in [0.29, 0.717) is 5.69 Å². The van der Waals surface area contributed by atoms with E-state index in [1.807, 2.05) is 31.1 Å². The molecule has 0 saturated heterocycles. The number of nitrogens with one attached hydrogen (secondary N) is 1. The van der Waals surface area contributed by atoms with E-state index < -0.39 is 11.9 Å². The van der Waals surface area contributed by atoms with E-state index in [1.54, 1.807) is 12.1 Å². The van der Waals surface area contributed by atoms with Gasteiger partial charge in [-0.2, -0.15) is 13.2 Å². The molecule has 4 nitrogen and oxygen atoms in total. The quantitative estimate of drug-likeness (QED) is 0.910. The molecule has 0 aliphatic heterocycles. The van der Waals surface area contributed by atoms with Gasteiger partial charge in [-0.1, -0.05) is 0 Å². The minimum absolute atomic E-state index is 0.152. The number of rotatable bonds is 3. The average molecular weight is 296 g/mol. The van der Waals surface area contributed by atoms with E-state index in [0.717, 1.165) is 18.0 Å². The van der Waals surface area contributed by atoms with Crippen LogP contribution in [0.3, 0.4) is 0 Å². The minimum Gasteiger partial charge on any atom is -0.396 e. The fourth-order valence-corrected chi connectivity index (χ4v) is 1.73. The number of hydrogen-bond donors (Lipinski definition) is 2. The summed E-state index contributed by atoms with van der Waals surface area (Å²) in [6, 6.07) is 8.13. The number of aromatic nitrogens is 1. The van der Waals surface area contributed by atoms with Crippen LogP contribution in [0.2, 0.25) is 0 Å². The monoisotopic (exact) mass is 296 g/mol. The third-order valence-electron chi connectivity index (χ3n) is 2.89. The number of nitrogens with two attached hydrogens (primary N) is 1. The molecular formula is C14H15F3N4. The van der Waals surface area contributed by atoms with Crippen LogP contribution in [0.1, 0.15) is 5.69 Å². The highest BCUT2D eigenvalue weighted by Crippen LogP contribution is 2.32. The lowest BCUT2D eigenvalue weighted by Gasteiger charge is -2.15. The van der Waals surface area contributed by atoms with Gasteiger partial charge in [-0.15, -0.1) is 0 Å². The van der Waals surface area contributed by atoms with Crippen molar-refractivity contribution < 1.29 is 13.2 Å². The lowest BCUT2D eigenvalue weighted by atomic mass is 10.2. The van der Waals surface area contributed by atoms with Gasteiger partial charge in [0, 0.05) is 25.5 Å². The van der Waals surface area contributed by atoms with Gasteiger partial charge in [-0.05, 0) is 30.3 Å². The van der Waals surface area contributed by atoms with Crippen molar-refractivity contribution in [2.75, 3.05) is 30.0 Å². The molecule has 0 unspecified atom stereocenters. The fourth-order valence-electron chi connectivity index (χ4n) is 1.73. The number of hydrogen-bond acceptors (Lipinski definition) is 4. The Morgan fingerprint density at radius 2 is 1.76 bits per heavy atom. The second-order valence-corrected chi connectivity index (χ2v) is 4.72. The topological polar surface area (TPSA) is 54.2 Å². The maximum Gasteiger partial charge on any atom is 0.433 e. The van der Waals surface area contributed by atoms with Crippen LogP contribution in [-0.2, 0) is 6.18 Å². The molecule has 2 rings (SSSR count). The van der Waals surface area contributed by atoms with Crippen molar-refractivity contribution in [1.29, 1.82) is 0 Å². The number of halogens is 3. The van der Waals surface area contributed by atoms with E-state index in [9.17, 15) is 13.2 Å². The Kier molecular flexibility index (Phi) is 3.93. The predicted molar refractivity (Wildman–Crippen MR) is 77.7 cm³/mol. The van der Waals surface area contributed by atoms with Crippen LogP contribution in [0.25, 0.3) is 0 Å². The normalized spacial score (nSPS) is 11.3. The highest BCUT2D eigenvalue weighted by molar-refractivity contribution is 5.73. The van der Waals surface area contributed by atoms with Crippen molar-refractivity contribution in [3.63, 3.8) is 0 Å². The van der Waals surface area contributed by atoms with Crippen LogP contribution in [0.5, 0.6) is 0 Å². The van der Waals surface area contributed by atoms with Gasteiger partial charge in [0.25, 0.3) is 0 Å². The Morgan fingerprint density at radius 1 is 1.14 bits per heavy atom. The first-order chi connectivity index (χ1) is 9.77. The number of nitrogens with zero attached hydrogens (tertiary/aromatic N) is 2. The molecule has 0 spiro atoms. The molecule has 1 aromatic heterocycles. The van der Waals surface area contributed by atoms with E-state index in [4.69, 9.17) is 5.73 Å². The third-order valence-corrected chi connectivity index (χ3v) is 2.89. The van der Waals surface area contributed by atoms with Crippen LogP contribution in [-0.4, -0.2) is 19.1 Å². The Balaban J connectivity index is 2.26. The Morgan fingerprint density at radius 3 is 2.29 bits per heavy atom. The number of nitrogen functional groups attached to an aromatic ring is 1. The molecule has 7 heteroatoms. The smallest absolute Gasteiger partial charge is 0.396 e. The minimum atomic E-state index is -4.50. The van der Waals surface area contributed by atoms with Gasteiger partial charge < -0.3 is 16.0 Å². The molecular weight excluding hydrogens is 281 g/mol. The molecule has 0 bridgehead atoms. The molecule has 0 atom stereocenters. The second kappa shape index (κ2) is 5.51. The fraction of sp³-hybridized carbons (Fsp3) is 0.214. The van der Waals surface area contributed by atoms with Gasteiger partial charge in [-0.3, -0.25) is 0 Å². The molecule has 21 heavy (non-hydrogen) atoms. The van der Waals surface area contributed by atoms with Crippen LogP contribution >= 0.6 is 0 Å². The van der Waals surface area contributed by atoms with E-state index in [2.05, 4.69) is 10.3 Å². The van der Waals surface area contributed by atoms with Crippen molar-refractivity contribution in [1.82, 2.24) is 4.98 Å². The third kappa shape index (κ3) is 3.56. The van der Waals surface area contributed by atoms with Crippen LogP contribution in [0.4, 0.5) is 35.9 Å². The summed E-state index contributed by atoms with van der Waals surface area (Å²) in [6.45, 7) is 0. The molecule has 0 fully saturated rings. The molecule has 1 aromatic carbocycles. The van der Waals surface area contributed by atoms with Gasteiger partial charge in [0.1, 0.15) is 5.69 Å². The second-order valence-electron chi connectivity index (χ2n) is 4.72. The Hall–Kier alpha value is -2.44. The molecule has 112 valence electrons. The number of alkyl halides is 3. The lowest BCUT2D eigenvalue weighted by molar-refractivity contribution is -0.141. The van der Waals surface area contributed by atoms with Gasteiger partial charge in [0.2, 0.25) is 0 Å².